The molecule has 206 valence electrons. The first-order chi connectivity index (χ1) is 20.8. The van der Waals surface area contributed by atoms with Gasteiger partial charge in [0.05, 0.1) is 22.8 Å². The fourth-order valence-corrected chi connectivity index (χ4v) is 8.45. The highest BCUT2D eigenvalue weighted by Gasteiger charge is 2.36. The smallest absolute Gasteiger partial charge is 0.161 e. The van der Waals surface area contributed by atoms with Crippen LogP contribution < -0.4 is 0 Å². The lowest BCUT2D eigenvalue weighted by Gasteiger charge is -2.35. The summed E-state index contributed by atoms with van der Waals surface area (Å²) >= 11 is 1.73. The summed E-state index contributed by atoms with van der Waals surface area (Å²) in [6, 6.07) is 38.8. The van der Waals surface area contributed by atoms with Crippen molar-refractivity contribution in [1.82, 2.24) is 9.97 Å². The van der Waals surface area contributed by atoms with E-state index in [9.17, 15) is 5.26 Å². The molecule has 43 heavy (non-hydrogen) atoms. The molecule has 0 unspecified atom stereocenters. The van der Waals surface area contributed by atoms with Crippen molar-refractivity contribution in [3.8, 4) is 39.8 Å². The first kappa shape index (κ1) is 25.9. The molecule has 1 aliphatic heterocycles. The van der Waals surface area contributed by atoms with E-state index in [1.807, 2.05) is 24.3 Å². The molecule has 0 saturated heterocycles. The summed E-state index contributed by atoms with van der Waals surface area (Å²) < 4.78 is 0. The number of rotatable bonds is 2. The second-order valence-electron chi connectivity index (χ2n) is 12.6. The minimum absolute atomic E-state index is 0.111. The maximum absolute atomic E-state index is 10.3. The molecule has 2 heterocycles. The predicted octanol–water partition coefficient (Wildman–Crippen LogP) is 9.93. The molecule has 3 nitrogen and oxygen atoms in total. The van der Waals surface area contributed by atoms with Crippen LogP contribution in [0, 0.1) is 11.3 Å². The van der Waals surface area contributed by atoms with Crippen LogP contribution in [0.3, 0.4) is 0 Å². The van der Waals surface area contributed by atoms with Crippen molar-refractivity contribution in [2.75, 3.05) is 0 Å². The summed E-state index contributed by atoms with van der Waals surface area (Å²) in [7, 11) is 0. The normalized spacial score (nSPS) is 15.2. The SMILES string of the molecule is CC1(C)c2ccccc2Sc2cc(C#N)c(-c3nc(-c4ccc5c(c4)C(C)(C)c4ccccc4-5)c4ccccc4n3)cc21. The van der Waals surface area contributed by atoms with Gasteiger partial charge in [-0.05, 0) is 63.7 Å². The lowest BCUT2D eigenvalue weighted by Crippen LogP contribution is -2.24. The lowest BCUT2D eigenvalue weighted by molar-refractivity contribution is 0.607. The molecular formula is C39H29N3S. The first-order valence-corrected chi connectivity index (χ1v) is 15.5. The fraction of sp³-hybridized carbons (Fsp3) is 0.154. The van der Waals surface area contributed by atoms with Gasteiger partial charge in [-0.25, -0.2) is 9.97 Å². The quantitative estimate of drug-likeness (QED) is 0.208. The molecule has 0 spiro atoms. The van der Waals surface area contributed by atoms with Gasteiger partial charge in [-0.1, -0.05) is 112 Å². The van der Waals surface area contributed by atoms with Crippen molar-refractivity contribution in [3.63, 3.8) is 0 Å². The Bertz CT molecular complexity index is 2180. The molecule has 5 aromatic carbocycles. The molecule has 1 aromatic heterocycles. The molecule has 0 fully saturated rings. The van der Waals surface area contributed by atoms with Crippen LogP contribution in [0.4, 0.5) is 0 Å². The zero-order valence-corrected chi connectivity index (χ0v) is 25.4. The Morgan fingerprint density at radius 2 is 1.30 bits per heavy atom. The van der Waals surface area contributed by atoms with E-state index < -0.39 is 0 Å². The highest BCUT2D eigenvalue weighted by Crippen LogP contribution is 2.51. The Kier molecular flexibility index (Phi) is 5.51. The van der Waals surface area contributed by atoms with Crippen molar-refractivity contribution in [2.45, 2.75) is 48.3 Å². The Balaban J connectivity index is 1.34. The monoisotopic (exact) mass is 571 g/mol. The molecule has 6 aromatic rings. The Morgan fingerprint density at radius 3 is 2.14 bits per heavy atom. The summed E-state index contributed by atoms with van der Waals surface area (Å²) in [5, 5.41) is 11.3. The van der Waals surface area contributed by atoms with E-state index in [1.165, 1.54) is 38.3 Å². The highest BCUT2D eigenvalue weighted by atomic mass is 32.2. The Labute approximate surface area is 256 Å². The standard InChI is InChI=1S/C39H29N3S/c1-38(2)29-13-7-5-11-25(29)26-18-17-23(19-31(26)38)36-27-12-6-9-15-33(27)41-37(42-36)28-21-32-35(20-24(28)22-40)43-34-16-10-8-14-30(34)39(32,3)4/h5-21H,1-4H3. The minimum Gasteiger partial charge on any atom is -0.228 e. The minimum atomic E-state index is -0.222. The zero-order chi connectivity index (χ0) is 29.5. The van der Waals surface area contributed by atoms with E-state index in [0.717, 1.165) is 32.6 Å². The number of nitrogens with zero attached hydrogens (tertiary/aromatic N) is 3. The van der Waals surface area contributed by atoms with E-state index >= 15 is 0 Å². The van der Waals surface area contributed by atoms with Gasteiger partial charge in [0.25, 0.3) is 0 Å². The molecule has 0 N–H and O–H groups in total. The molecule has 2 aliphatic rings. The summed E-state index contributed by atoms with van der Waals surface area (Å²) in [4.78, 5) is 12.6. The van der Waals surface area contributed by atoms with Crippen LogP contribution in [0.2, 0.25) is 0 Å². The molecule has 1 aliphatic carbocycles. The number of hydrogen-bond donors (Lipinski definition) is 0. The third-order valence-corrected chi connectivity index (χ3v) is 10.5. The molecule has 0 amide bonds. The number of aromatic nitrogens is 2. The van der Waals surface area contributed by atoms with Crippen molar-refractivity contribution in [3.05, 3.63) is 131 Å². The van der Waals surface area contributed by atoms with Gasteiger partial charge in [-0.3, -0.25) is 0 Å². The van der Waals surface area contributed by atoms with Gasteiger partial charge in [0.15, 0.2) is 5.82 Å². The zero-order valence-electron chi connectivity index (χ0n) is 24.6. The van der Waals surface area contributed by atoms with Crippen LogP contribution in [0.1, 0.15) is 55.5 Å². The van der Waals surface area contributed by atoms with Gasteiger partial charge in [0, 0.05) is 37.1 Å². The molecule has 4 heteroatoms. The average Bonchev–Trinajstić information content (AvgIpc) is 3.26. The van der Waals surface area contributed by atoms with Gasteiger partial charge in [0.1, 0.15) is 0 Å². The van der Waals surface area contributed by atoms with Gasteiger partial charge < -0.3 is 0 Å². The maximum atomic E-state index is 10.3. The van der Waals surface area contributed by atoms with E-state index in [-0.39, 0.29) is 10.8 Å². The number of fused-ring (bicyclic) bond motifs is 6. The third kappa shape index (κ3) is 3.75. The van der Waals surface area contributed by atoms with Crippen LogP contribution in [0.25, 0.3) is 44.7 Å². The second-order valence-corrected chi connectivity index (χ2v) is 13.7. The van der Waals surface area contributed by atoms with Crippen molar-refractivity contribution in [2.24, 2.45) is 0 Å². The van der Waals surface area contributed by atoms with Crippen LogP contribution >= 0.6 is 11.8 Å². The number of hydrogen-bond acceptors (Lipinski definition) is 4. The van der Waals surface area contributed by atoms with E-state index in [1.54, 1.807) is 11.8 Å². The van der Waals surface area contributed by atoms with Gasteiger partial charge in [-0.2, -0.15) is 5.26 Å². The molecular weight excluding hydrogens is 543 g/mol. The van der Waals surface area contributed by atoms with Crippen LogP contribution in [0.15, 0.2) is 113 Å². The second kappa shape index (κ2) is 9.14. The van der Waals surface area contributed by atoms with Crippen molar-refractivity contribution < 1.29 is 0 Å². The third-order valence-electron chi connectivity index (χ3n) is 9.39. The summed E-state index contributed by atoms with van der Waals surface area (Å²) in [5.41, 5.74) is 11.6. The summed E-state index contributed by atoms with van der Waals surface area (Å²) in [5.74, 6) is 0.579. The largest absolute Gasteiger partial charge is 0.228 e. The Morgan fingerprint density at radius 1 is 0.605 bits per heavy atom. The number of para-hydroxylation sites is 1. The van der Waals surface area contributed by atoms with Gasteiger partial charge >= 0.3 is 0 Å². The Hall–Kier alpha value is -4.72. The van der Waals surface area contributed by atoms with Crippen LogP contribution in [0.5, 0.6) is 0 Å². The predicted molar refractivity (Wildman–Crippen MR) is 175 cm³/mol. The van der Waals surface area contributed by atoms with Crippen LogP contribution in [-0.4, -0.2) is 9.97 Å². The van der Waals surface area contributed by atoms with Crippen molar-refractivity contribution >= 4 is 22.7 Å². The highest BCUT2D eigenvalue weighted by molar-refractivity contribution is 7.99. The van der Waals surface area contributed by atoms with Gasteiger partial charge in [0.2, 0.25) is 0 Å². The molecule has 0 radical (unpaired) electrons. The van der Waals surface area contributed by atoms with E-state index in [2.05, 4.69) is 113 Å². The summed E-state index contributed by atoms with van der Waals surface area (Å²) in [6.45, 7) is 9.12. The van der Waals surface area contributed by atoms with E-state index in [4.69, 9.17) is 9.97 Å². The molecule has 0 saturated carbocycles. The topological polar surface area (TPSA) is 49.6 Å². The molecule has 0 bridgehead atoms. The maximum Gasteiger partial charge on any atom is 0.161 e. The van der Waals surface area contributed by atoms with Crippen molar-refractivity contribution in [1.29, 1.82) is 5.26 Å². The van der Waals surface area contributed by atoms with Crippen LogP contribution in [-0.2, 0) is 10.8 Å². The lowest BCUT2D eigenvalue weighted by atomic mass is 9.76. The summed E-state index contributed by atoms with van der Waals surface area (Å²) in [6.07, 6.45) is 0. The first-order valence-electron chi connectivity index (χ1n) is 14.7. The molecule has 8 rings (SSSR count). The number of benzene rings is 5. The van der Waals surface area contributed by atoms with E-state index in [0.29, 0.717) is 11.4 Å². The molecule has 0 atom stereocenters. The van der Waals surface area contributed by atoms with Gasteiger partial charge in [-0.15, -0.1) is 0 Å². The fourth-order valence-electron chi connectivity index (χ4n) is 7.03. The average molecular weight is 572 g/mol. The number of nitriles is 1.